The van der Waals surface area contributed by atoms with Crippen LogP contribution >= 0.6 is 0 Å². The van der Waals surface area contributed by atoms with Crippen molar-refractivity contribution in [2.45, 2.75) is 19.4 Å². The Kier molecular flexibility index (Phi) is 3.67. The maximum Gasteiger partial charge on any atom is 0.123 e. The maximum absolute atomic E-state index is 13.4. The smallest absolute Gasteiger partial charge is 0.123 e. The molecule has 0 radical (unpaired) electrons. The highest BCUT2D eigenvalue weighted by atomic mass is 19.1. The Balaban J connectivity index is 1.97. The Morgan fingerprint density at radius 1 is 1.14 bits per heavy atom. The highest BCUT2D eigenvalue weighted by Crippen LogP contribution is 2.26. The SMILES string of the molecule is Cc1ccc(F)cc1CC(O)c1cccc2ncccc12. The lowest BCUT2D eigenvalue weighted by molar-refractivity contribution is 0.179. The molecule has 1 heterocycles. The van der Waals surface area contributed by atoms with Gasteiger partial charge in [0.2, 0.25) is 0 Å². The van der Waals surface area contributed by atoms with Crippen LogP contribution in [0.5, 0.6) is 0 Å². The molecule has 3 heteroatoms. The van der Waals surface area contributed by atoms with Gasteiger partial charge in [-0.15, -0.1) is 0 Å². The lowest BCUT2D eigenvalue weighted by Crippen LogP contribution is -2.04. The molecule has 0 saturated heterocycles. The number of fused-ring (bicyclic) bond motifs is 1. The van der Waals surface area contributed by atoms with Crippen molar-refractivity contribution in [3.05, 3.63) is 77.2 Å². The van der Waals surface area contributed by atoms with E-state index in [9.17, 15) is 9.50 Å². The number of rotatable bonds is 3. The number of hydrogen-bond donors (Lipinski definition) is 1. The van der Waals surface area contributed by atoms with Gasteiger partial charge in [0.15, 0.2) is 0 Å². The van der Waals surface area contributed by atoms with E-state index in [0.29, 0.717) is 6.42 Å². The van der Waals surface area contributed by atoms with E-state index in [1.54, 1.807) is 12.3 Å². The molecule has 3 aromatic rings. The van der Waals surface area contributed by atoms with Gasteiger partial charge in [-0.1, -0.05) is 24.3 Å². The van der Waals surface area contributed by atoms with Crippen LogP contribution in [0, 0.1) is 12.7 Å². The van der Waals surface area contributed by atoms with Crippen molar-refractivity contribution in [1.29, 1.82) is 0 Å². The summed E-state index contributed by atoms with van der Waals surface area (Å²) in [6.07, 6.45) is 1.44. The Morgan fingerprint density at radius 2 is 2.00 bits per heavy atom. The molecule has 1 N–H and O–H groups in total. The molecule has 106 valence electrons. The van der Waals surface area contributed by atoms with E-state index in [4.69, 9.17) is 0 Å². The van der Waals surface area contributed by atoms with Crippen LogP contribution < -0.4 is 0 Å². The van der Waals surface area contributed by atoms with Gasteiger partial charge in [-0.3, -0.25) is 4.98 Å². The van der Waals surface area contributed by atoms with E-state index in [1.165, 1.54) is 12.1 Å². The number of benzene rings is 2. The molecule has 1 atom stereocenters. The average molecular weight is 281 g/mol. The number of aryl methyl sites for hydroxylation is 1. The second kappa shape index (κ2) is 5.62. The minimum Gasteiger partial charge on any atom is -0.388 e. The van der Waals surface area contributed by atoms with Gasteiger partial charge in [-0.2, -0.15) is 0 Å². The third kappa shape index (κ3) is 2.78. The minimum atomic E-state index is -0.682. The Labute approximate surface area is 122 Å². The van der Waals surface area contributed by atoms with E-state index in [2.05, 4.69) is 4.98 Å². The number of aliphatic hydroxyl groups is 1. The first-order chi connectivity index (χ1) is 10.1. The Morgan fingerprint density at radius 3 is 2.86 bits per heavy atom. The highest BCUT2D eigenvalue weighted by Gasteiger charge is 2.13. The summed E-state index contributed by atoms with van der Waals surface area (Å²) in [5.74, 6) is -0.276. The summed E-state index contributed by atoms with van der Waals surface area (Å²) in [7, 11) is 0. The van der Waals surface area contributed by atoms with E-state index >= 15 is 0 Å². The summed E-state index contributed by atoms with van der Waals surface area (Å²) >= 11 is 0. The van der Waals surface area contributed by atoms with Crippen molar-refractivity contribution in [3.63, 3.8) is 0 Å². The monoisotopic (exact) mass is 281 g/mol. The fourth-order valence-corrected chi connectivity index (χ4v) is 2.60. The number of hydrogen-bond acceptors (Lipinski definition) is 2. The van der Waals surface area contributed by atoms with Crippen LogP contribution in [0.15, 0.2) is 54.7 Å². The Hall–Kier alpha value is -2.26. The highest BCUT2D eigenvalue weighted by molar-refractivity contribution is 5.82. The minimum absolute atomic E-state index is 0.276. The standard InChI is InChI=1S/C18H16FNO/c1-12-7-8-14(19)10-13(12)11-18(21)16-4-2-6-17-15(16)5-3-9-20-17/h2-10,18,21H,11H2,1H3. The second-order valence-corrected chi connectivity index (χ2v) is 5.21. The third-order valence-electron chi connectivity index (χ3n) is 3.76. The molecule has 0 aliphatic carbocycles. The lowest BCUT2D eigenvalue weighted by Gasteiger charge is -2.15. The number of aromatic nitrogens is 1. The largest absolute Gasteiger partial charge is 0.388 e. The van der Waals surface area contributed by atoms with Crippen molar-refractivity contribution in [3.8, 4) is 0 Å². The molecular formula is C18H16FNO. The maximum atomic E-state index is 13.4. The zero-order valence-electron chi connectivity index (χ0n) is 11.8. The first-order valence-electron chi connectivity index (χ1n) is 6.92. The predicted molar refractivity (Wildman–Crippen MR) is 81.5 cm³/mol. The Bertz CT molecular complexity index is 780. The number of halogens is 1. The fourth-order valence-electron chi connectivity index (χ4n) is 2.60. The van der Waals surface area contributed by atoms with E-state index in [1.807, 2.05) is 37.3 Å². The summed E-state index contributed by atoms with van der Waals surface area (Å²) in [6, 6.07) is 14.1. The van der Waals surface area contributed by atoms with Crippen LogP contribution in [-0.2, 0) is 6.42 Å². The molecule has 0 fully saturated rings. The molecule has 0 bridgehead atoms. The lowest BCUT2D eigenvalue weighted by atomic mass is 9.95. The molecule has 1 unspecified atom stereocenters. The molecule has 21 heavy (non-hydrogen) atoms. The van der Waals surface area contributed by atoms with E-state index in [0.717, 1.165) is 27.6 Å². The van der Waals surface area contributed by atoms with Crippen LogP contribution in [0.1, 0.15) is 22.8 Å². The van der Waals surface area contributed by atoms with Crippen LogP contribution in [0.2, 0.25) is 0 Å². The first kappa shape index (κ1) is 13.7. The summed E-state index contributed by atoms with van der Waals surface area (Å²) in [5, 5.41) is 11.5. The van der Waals surface area contributed by atoms with Gasteiger partial charge in [-0.25, -0.2) is 4.39 Å². The van der Waals surface area contributed by atoms with Crippen molar-refractivity contribution >= 4 is 10.9 Å². The van der Waals surface area contributed by atoms with E-state index < -0.39 is 6.10 Å². The van der Waals surface area contributed by atoms with Gasteiger partial charge >= 0.3 is 0 Å². The zero-order valence-corrected chi connectivity index (χ0v) is 11.8. The summed E-state index contributed by atoms with van der Waals surface area (Å²) < 4.78 is 13.4. The van der Waals surface area contributed by atoms with Crippen LogP contribution in [0.4, 0.5) is 4.39 Å². The van der Waals surface area contributed by atoms with Crippen LogP contribution in [0.3, 0.4) is 0 Å². The molecule has 0 saturated carbocycles. The molecule has 3 rings (SSSR count). The fraction of sp³-hybridized carbons (Fsp3) is 0.167. The van der Waals surface area contributed by atoms with Gasteiger partial charge in [0.05, 0.1) is 11.6 Å². The quantitative estimate of drug-likeness (QED) is 0.788. The topological polar surface area (TPSA) is 33.1 Å². The normalized spacial score (nSPS) is 12.5. The summed E-state index contributed by atoms with van der Waals surface area (Å²) in [4.78, 5) is 4.29. The molecule has 2 aromatic carbocycles. The van der Waals surface area contributed by atoms with Gasteiger partial charge < -0.3 is 5.11 Å². The first-order valence-corrected chi connectivity index (χ1v) is 6.92. The molecule has 0 aliphatic rings. The third-order valence-corrected chi connectivity index (χ3v) is 3.76. The van der Waals surface area contributed by atoms with Gasteiger partial charge in [0, 0.05) is 18.0 Å². The second-order valence-electron chi connectivity index (χ2n) is 5.21. The molecule has 0 aliphatic heterocycles. The average Bonchev–Trinajstić information content (AvgIpc) is 2.50. The molecular weight excluding hydrogens is 265 g/mol. The number of pyridine rings is 1. The van der Waals surface area contributed by atoms with Crippen LogP contribution in [-0.4, -0.2) is 10.1 Å². The summed E-state index contributed by atoms with van der Waals surface area (Å²) in [6.45, 7) is 1.92. The van der Waals surface area contributed by atoms with Crippen molar-refractivity contribution < 1.29 is 9.50 Å². The summed E-state index contributed by atoms with van der Waals surface area (Å²) in [5.41, 5.74) is 3.48. The number of nitrogens with zero attached hydrogens (tertiary/aromatic N) is 1. The molecule has 0 spiro atoms. The van der Waals surface area contributed by atoms with Gasteiger partial charge in [0.1, 0.15) is 5.82 Å². The molecule has 1 aromatic heterocycles. The molecule has 2 nitrogen and oxygen atoms in total. The van der Waals surface area contributed by atoms with Crippen molar-refractivity contribution in [2.75, 3.05) is 0 Å². The van der Waals surface area contributed by atoms with Crippen molar-refractivity contribution in [2.24, 2.45) is 0 Å². The zero-order chi connectivity index (χ0) is 14.8. The van der Waals surface area contributed by atoms with Gasteiger partial charge in [0.25, 0.3) is 0 Å². The van der Waals surface area contributed by atoms with E-state index in [-0.39, 0.29) is 5.82 Å². The van der Waals surface area contributed by atoms with Crippen LogP contribution in [0.25, 0.3) is 10.9 Å². The molecule has 0 amide bonds. The van der Waals surface area contributed by atoms with Crippen molar-refractivity contribution in [1.82, 2.24) is 4.98 Å². The predicted octanol–water partition coefficient (Wildman–Crippen LogP) is 3.96. The number of aliphatic hydroxyl groups excluding tert-OH is 1. The van der Waals surface area contributed by atoms with Gasteiger partial charge in [-0.05, 0) is 47.9 Å².